The monoisotopic (exact) mass is 247 g/mol. The highest BCUT2D eigenvalue weighted by Crippen LogP contribution is 2.44. The number of para-hydroxylation sites is 1. The molecule has 2 aliphatic rings. The van der Waals surface area contributed by atoms with Crippen LogP contribution in [-0.4, -0.2) is 35.7 Å². The molecule has 2 heterocycles. The molecule has 0 bridgehead atoms. The van der Waals surface area contributed by atoms with Gasteiger partial charge in [-0.25, -0.2) is 0 Å². The van der Waals surface area contributed by atoms with Crippen LogP contribution < -0.4 is 4.74 Å². The second-order valence-electron chi connectivity index (χ2n) is 5.36. The molecule has 0 saturated carbocycles. The summed E-state index contributed by atoms with van der Waals surface area (Å²) in [5.41, 5.74) is 1.20. The molecule has 2 atom stereocenters. The summed E-state index contributed by atoms with van der Waals surface area (Å²) in [6.45, 7) is 5.29. The first-order chi connectivity index (χ1) is 8.81. The Bertz CT molecular complexity index is 431. The standard InChI is InChI=1S/C15H21NO2/c1-2-8-16-9-4-6-11-12-5-3-7-14(17)15(12)18-10-13(11)16/h3,5,7,11,13,17H,2,4,6,8-10H2,1H3/t11-,13-/m1/s1. The van der Waals surface area contributed by atoms with E-state index in [1.54, 1.807) is 6.07 Å². The van der Waals surface area contributed by atoms with Crippen LogP contribution in [0.5, 0.6) is 11.5 Å². The Morgan fingerprint density at radius 1 is 1.44 bits per heavy atom. The Labute approximate surface area is 108 Å². The number of hydrogen-bond acceptors (Lipinski definition) is 3. The fourth-order valence-corrected chi connectivity index (χ4v) is 3.44. The van der Waals surface area contributed by atoms with Crippen molar-refractivity contribution in [2.45, 2.75) is 38.1 Å². The number of hydrogen-bond donors (Lipinski definition) is 1. The Morgan fingerprint density at radius 3 is 3.17 bits per heavy atom. The Kier molecular flexibility index (Phi) is 3.16. The number of nitrogens with zero attached hydrogens (tertiary/aromatic N) is 1. The zero-order chi connectivity index (χ0) is 12.5. The van der Waals surface area contributed by atoms with Gasteiger partial charge in [0.25, 0.3) is 0 Å². The van der Waals surface area contributed by atoms with Gasteiger partial charge >= 0.3 is 0 Å². The fraction of sp³-hybridized carbons (Fsp3) is 0.600. The summed E-state index contributed by atoms with van der Waals surface area (Å²) in [7, 11) is 0. The lowest BCUT2D eigenvalue weighted by atomic mass is 9.81. The average Bonchev–Trinajstić information content (AvgIpc) is 2.40. The Hall–Kier alpha value is -1.22. The molecule has 2 aliphatic heterocycles. The number of ether oxygens (including phenoxy) is 1. The highest BCUT2D eigenvalue weighted by Gasteiger charge is 2.37. The van der Waals surface area contributed by atoms with Crippen molar-refractivity contribution in [2.24, 2.45) is 0 Å². The minimum Gasteiger partial charge on any atom is -0.504 e. The number of benzene rings is 1. The summed E-state index contributed by atoms with van der Waals surface area (Å²) in [4.78, 5) is 2.56. The van der Waals surface area contributed by atoms with Crippen LogP contribution in [0.1, 0.15) is 37.7 Å². The van der Waals surface area contributed by atoms with Crippen LogP contribution in [-0.2, 0) is 0 Å². The van der Waals surface area contributed by atoms with Gasteiger partial charge in [0.1, 0.15) is 6.61 Å². The van der Waals surface area contributed by atoms with E-state index in [0.29, 0.717) is 17.7 Å². The third-order valence-electron chi connectivity index (χ3n) is 4.23. The topological polar surface area (TPSA) is 32.7 Å². The number of rotatable bonds is 2. The number of piperidine rings is 1. The van der Waals surface area contributed by atoms with E-state index < -0.39 is 0 Å². The number of phenolic OH excluding ortho intramolecular Hbond substituents is 1. The van der Waals surface area contributed by atoms with Gasteiger partial charge in [-0.1, -0.05) is 19.1 Å². The SMILES string of the molecule is CCCN1CCC[C@@H]2c3cccc(O)c3OC[C@H]21. The quantitative estimate of drug-likeness (QED) is 0.872. The highest BCUT2D eigenvalue weighted by atomic mass is 16.5. The molecule has 0 amide bonds. The van der Waals surface area contributed by atoms with Crippen molar-refractivity contribution in [3.05, 3.63) is 23.8 Å². The van der Waals surface area contributed by atoms with Crippen molar-refractivity contribution in [1.29, 1.82) is 0 Å². The summed E-state index contributed by atoms with van der Waals surface area (Å²) in [6.07, 6.45) is 3.65. The molecule has 3 rings (SSSR count). The molecule has 18 heavy (non-hydrogen) atoms. The maximum atomic E-state index is 9.88. The van der Waals surface area contributed by atoms with Crippen LogP contribution >= 0.6 is 0 Å². The van der Waals surface area contributed by atoms with Crippen LogP contribution in [0.15, 0.2) is 18.2 Å². The molecular formula is C15H21NO2. The van der Waals surface area contributed by atoms with Gasteiger partial charge in [0.15, 0.2) is 11.5 Å². The molecule has 1 fully saturated rings. The van der Waals surface area contributed by atoms with E-state index in [-0.39, 0.29) is 0 Å². The van der Waals surface area contributed by atoms with Crippen molar-refractivity contribution in [2.75, 3.05) is 19.7 Å². The molecule has 0 aromatic heterocycles. The number of fused-ring (bicyclic) bond motifs is 3. The summed E-state index contributed by atoms with van der Waals surface area (Å²) >= 11 is 0. The minimum atomic E-state index is 0.290. The molecule has 98 valence electrons. The second kappa shape index (κ2) is 4.81. The number of likely N-dealkylation sites (tertiary alicyclic amines) is 1. The maximum Gasteiger partial charge on any atom is 0.164 e. The van der Waals surface area contributed by atoms with E-state index in [0.717, 1.165) is 18.9 Å². The largest absolute Gasteiger partial charge is 0.504 e. The van der Waals surface area contributed by atoms with Gasteiger partial charge in [0.05, 0.1) is 6.04 Å². The normalized spacial score (nSPS) is 27.2. The van der Waals surface area contributed by atoms with Crippen LogP contribution in [0, 0.1) is 0 Å². The van der Waals surface area contributed by atoms with Gasteiger partial charge in [-0.05, 0) is 38.4 Å². The molecular weight excluding hydrogens is 226 g/mol. The molecule has 0 aliphatic carbocycles. The predicted octanol–water partition coefficient (Wildman–Crippen LogP) is 2.74. The molecule has 1 aromatic carbocycles. The zero-order valence-corrected chi connectivity index (χ0v) is 10.9. The van der Waals surface area contributed by atoms with Crippen molar-refractivity contribution >= 4 is 0 Å². The number of aromatic hydroxyl groups is 1. The molecule has 1 N–H and O–H groups in total. The summed E-state index contributed by atoms with van der Waals surface area (Å²) in [5, 5.41) is 9.88. The van der Waals surface area contributed by atoms with Crippen LogP contribution in [0.4, 0.5) is 0 Å². The minimum absolute atomic E-state index is 0.290. The zero-order valence-electron chi connectivity index (χ0n) is 10.9. The lowest BCUT2D eigenvalue weighted by Gasteiger charge is -2.44. The third kappa shape index (κ3) is 1.87. The molecule has 0 unspecified atom stereocenters. The fourth-order valence-electron chi connectivity index (χ4n) is 3.44. The van der Waals surface area contributed by atoms with E-state index in [1.165, 1.54) is 31.4 Å². The van der Waals surface area contributed by atoms with Gasteiger partial charge in [0, 0.05) is 11.5 Å². The van der Waals surface area contributed by atoms with Crippen LogP contribution in [0.25, 0.3) is 0 Å². The molecule has 0 spiro atoms. The molecule has 1 aromatic rings. The average molecular weight is 247 g/mol. The predicted molar refractivity (Wildman–Crippen MR) is 71.2 cm³/mol. The Balaban J connectivity index is 1.92. The van der Waals surface area contributed by atoms with Gasteiger partial charge in [-0.2, -0.15) is 0 Å². The highest BCUT2D eigenvalue weighted by molar-refractivity contribution is 5.49. The summed E-state index contributed by atoms with van der Waals surface area (Å²) in [6, 6.07) is 6.25. The van der Waals surface area contributed by atoms with E-state index in [4.69, 9.17) is 4.74 Å². The molecule has 1 saturated heterocycles. The van der Waals surface area contributed by atoms with E-state index >= 15 is 0 Å². The second-order valence-corrected chi connectivity index (χ2v) is 5.36. The first-order valence-corrected chi connectivity index (χ1v) is 7.00. The van der Waals surface area contributed by atoms with Crippen molar-refractivity contribution in [1.82, 2.24) is 4.90 Å². The van der Waals surface area contributed by atoms with Gasteiger partial charge in [-0.15, -0.1) is 0 Å². The lowest BCUT2D eigenvalue weighted by molar-refractivity contribution is 0.0643. The van der Waals surface area contributed by atoms with Crippen molar-refractivity contribution in [3.8, 4) is 11.5 Å². The number of phenols is 1. The summed E-state index contributed by atoms with van der Waals surface area (Å²) < 4.78 is 5.81. The third-order valence-corrected chi connectivity index (χ3v) is 4.23. The first kappa shape index (κ1) is 11.8. The van der Waals surface area contributed by atoms with Crippen molar-refractivity contribution in [3.63, 3.8) is 0 Å². The van der Waals surface area contributed by atoms with E-state index in [1.807, 2.05) is 6.07 Å². The van der Waals surface area contributed by atoms with Crippen molar-refractivity contribution < 1.29 is 9.84 Å². The maximum absolute atomic E-state index is 9.88. The van der Waals surface area contributed by atoms with E-state index in [2.05, 4.69) is 17.9 Å². The molecule has 3 heteroatoms. The van der Waals surface area contributed by atoms with Gasteiger partial charge in [-0.3, -0.25) is 4.90 Å². The van der Waals surface area contributed by atoms with E-state index in [9.17, 15) is 5.11 Å². The van der Waals surface area contributed by atoms with Crippen LogP contribution in [0.2, 0.25) is 0 Å². The Morgan fingerprint density at radius 2 is 2.33 bits per heavy atom. The van der Waals surface area contributed by atoms with Gasteiger partial charge in [0.2, 0.25) is 0 Å². The first-order valence-electron chi connectivity index (χ1n) is 7.00. The summed E-state index contributed by atoms with van der Waals surface area (Å²) in [5.74, 6) is 1.54. The van der Waals surface area contributed by atoms with Gasteiger partial charge < -0.3 is 9.84 Å². The molecule has 0 radical (unpaired) electrons. The smallest absolute Gasteiger partial charge is 0.164 e. The van der Waals surface area contributed by atoms with Crippen LogP contribution in [0.3, 0.4) is 0 Å². The molecule has 3 nitrogen and oxygen atoms in total. The lowest BCUT2D eigenvalue weighted by Crippen LogP contribution is -2.49.